The Balaban J connectivity index is 0.000000191. The van der Waals surface area contributed by atoms with Crippen LogP contribution in [0.3, 0.4) is 0 Å². The van der Waals surface area contributed by atoms with E-state index in [1.54, 1.807) is 12.1 Å². The summed E-state index contributed by atoms with van der Waals surface area (Å²) in [5.74, 6) is 0.349. The number of aromatic hydroxyl groups is 1. The van der Waals surface area contributed by atoms with Gasteiger partial charge >= 0.3 is 0 Å². The van der Waals surface area contributed by atoms with Gasteiger partial charge in [-0.05, 0) is 38.8 Å². The molecular weight excluding hydrogens is 232 g/mol. The van der Waals surface area contributed by atoms with E-state index in [0.29, 0.717) is 5.75 Å². The smallest absolute Gasteiger partial charge is 0.119 e. The molecule has 0 aliphatic rings. The number of hydrogen-bond donors (Lipinski definition) is 1. The van der Waals surface area contributed by atoms with Gasteiger partial charge in [-0.1, -0.05) is 59.2 Å². The molecule has 0 aliphatic heterocycles. The molecule has 0 aliphatic carbocycles. The zero-order valence-corrected chi connectivity index (χ0v) is 12.0. The van der Waals surface area contributed by atoms with Crippen molar-refractivity contribution in [3.8, 4) is 5.75 Å². The number of para-hydroxylation sites is 1. The van der Waals surface area contributed by atoms with Crippen LogP contribution in [0.25, 0.3) is 0 Å². The SMILES string of the molecule is C=CCc1ccccc1O.Cc1cc(C)cc(C)c1. The second-order valence-corrected chi connectivity index (χ2v) is 4.79. The van der Waals surface area contributed by atoms with E-state index < -0.39 is 0 Å². The van der Waals surface area contributed by atoms with Gasteiger partial charge in [-0.25, -0.2) is 0 Å². The molecule has 0 bridgehead atoms. The van der Waals surface area contributed by atoms with Crippen LogP contribution < -0.4 is 0 Å². The second-order valence-electron chi connectivity index (χ2n) is 4.79. The van der Waals surface area contributed by atoms with Crippen molar-refractivity contribution in [3.05, 3.63) is 77.4 Å². The van der Waals surface area contributed by atoms with Gasteiger partial charge in [0.05, 0.1) is 0 Å². The lowest BCUT2D eigenvalue weighted by atomic mass is 10.1. The number of phenols is 1. The van der Waals surface area contributed by atoms with Crippen molar-refractivity contribution in [2.75, 3.05) is 0 Å². The minimum absolute atomic E-state index is 0.349. The van der Waals surface area contributed by atoms with Crippen molar-refractivity contribution < 1.29 is 5.11 Å². The Bertz CT molecular complexity index is 491. The highest BCUT2D eigenvalue weighted by atomic mass is 16.3. The maximum atomic E-state index is 9.19. The van der Waals surface area contributed by atoms with Gasteiger partial charge < -0.3 is 5.11 Å². The summed E-state index contributed by atoms with van der Waals surface area (Å²) in [5, 5.41) is 9.19. The van der Waals surface area contributed by atoms with Crippen LogP contribution in [0.15, 0.2) is 55.1 Å². The van der Waals surface area contributed by atoms with E-state index in [4.69, 9.17) is 0 Å². The van der Waals surface area contributed by atoms with Gasteiger partial charge in [-0.3, -0.25) is 0 Å². The van der Waals surface area contributed by atoms with Crippen molar-refractivity contribution >= 4 is 0 Å². The number of benzene rings is 2. The topological polar surface area (TPSA) is 20.2 Å². The van der Waals surface area contributed by atoms with Crippen LogP contribution >= 0.6 is 0 Å². The Morgan fingerprint density at radius 3 is 1.84 bits per heavy atom. The van der Waals surface area contributed by atoms with E-state index in [9.17, 15) is 5.11 Å². The number of phenolic OH excluding ortho intramolecular Hbond substituents is 1. The minimum Gasteiger partial charge on any atom is -0.508 e. The summed E-state index contributed by atoms with van der Waals surface area (Å²) in [4.78, 5) is 0. The molecule has 0 saturated heterocycles. The molecule has 0 unspecified atom stereocenters. The van der Waals surface area contributed by atoms with Gasteiger partial charge in [0, 0.05) is 0 Å². The van der Waals surface area contributed by atoms with Crippen LogP contribution in [0.5, 0.6) is 5.75 Å². The summed E-state index contributed by atoms with van der Waals surface area (Å²) in [7, 11) is 0. The fraction of sp³-hybridized carbons (Fsp3) is 0.222. The third-order valence-electron chi connectivity index (χ3n) is 2.72. The Labute approximate surface area is 116 Å². The van der Waals surface area contributed by atoms with Crippen molar-refractivity contribution in [1.82, 2.24) is 0 Å². The summed E-state index contributed by atoms with van der Waals surface area (Å²) >= 11 is 0. The lowest BCUT2D eigenvalue weighted by Gasteiger charge is -1.97. The van der Waals surface area contributed by atoms with E-state index in [1.807, 2.05) is 18.2 Å². The molecule has 1 N–H and O–H groups in total. The maximum absolute atomic E-state index is 9.19. The van der Waals surface area contributed by atoms with E-state index in [0.717, 1.165) is 12.0 Å². The first-order chi connectivity index (χ1) is 9.02. The number of aryl methyl sites for hydroxylation is 3. The molecule has 0 fully saturated rings. The fourth-order valence-corrected chi connectivity index (χ4v) is 2.04. The Morgan fingerprint density at radius 2 is 1.42 bits per heavy atom. The molecule has 100 valence electrons. The second kappa shape index (κ2) is 7.42. The van der Waals surface area contributed by atoms with Gasteiger partial charge in [0.15, 0.2) is 0 Å². The lowest BCUT2D eigenvalue weighted by Crippen LogP contribution is -1.79. The molecule has 0 atom stereocenters. The summed E-state index contributed by atoms with van der Waals surface area (Å²) in [5.41, 5.74) is 4.99. The molecule has 19 heavy (non-hydrogen) atoms. The molecule has 0 spiro atoms. The van der Waals surface area contributed by atoms with Gasteiger partial charge in [0.1, 0.15) is 5.75 Å². The van der Waals surface area contributed by atoms with Crippen molar-refractivity contribution in [1.29, 1.82) is 0 Å². The summed E-state index contributed by atoms with van der Waals surface area (Å²) < 4.78 is 0. The molecule has 0 radical (unpaired) electrons. The molecule has 1 heteroatoms. The third kappa shape index (κ3) is 5.43. The van der Waals surface area contributed by atoms with Crippen LogP contribution in [0.4, 0.5) is 0 Å². The standard InChI is InChI=1S/C9H10O.C9H12/c1-2-5-8-6-3-4-7-9(8)10;1-7-4-8(2)6-9(3)5-7/h2-4,6-7,10H,1,5H2;4-6H,1-3H3. The normalized spacial score (nSPS) is 9.42. The molecule has 0 aromatic heterocycles. The predicted molar refractivity (Wildman–Crippen MR) is 82.7 cm³/mol. The first-order valence-corrected chi connectivity index (χ1v) is 6.45. The molecule has 0 amide bonds. The van der Waals surface area contributed by atoms with Crippen molar-refractivity contribution in [3.63, 3.8) is 0 Å². The Kier molecular flexibility index (Phi) is 5.87. The zero-order valence-electron chi connectivity index (χ0n) is 12.0. The molecular formula is C18H22O. The van der Waals surface area contributed by atoms with Crippen LogP contribution in [-0.2, 0) is 6.42 Å². The summed E-state index contributed by atoms with van der Waals surface area (Å²) in [6, 6.07) is 13.8. The van der Waals surface area contributed by atoms with Crippen LogP contribution in [0, 0.1) is 20.8 Å². The minimum atomic E-state index is 0.349. The third-order valence-corrected chi connectivity index (χ3v) is 2.72. The summed E-state index contributed by atoms with van der Waals surface area (Å²) in [6.45, 7) is 9.96. The van der Waals surface area contributed by atoms with Crippen LogP contribution in [-0.4, -0.2) is 5.11 Å². The van der Waals surface area contributed by atoms with Crippen molar-refractivity contribution in [2.45, 2.75) is 27.2 Å². The fourth-order valence-electron chi connectivity index (χ4n) is 2.04. The predicted octanol–water partition coefficient (Wildman–Crippen LogP) is 4.73. The van der Waals surface area contributed by atoms with E-state index in [1.165, 1.54) is 16.7 Å². The summed E-state index contributed by atoms with van der Waals surface area (Å²) in [6.07, 6.45) is 2.50. The highest BCUT2D eigenvalue weighted by Crippen LogP contribution is 2.15. The van der Waals surface area contributed by atoms with E-state index >= 15 is 0 Å². The zero-order chi connectivity index (χ0) is 14.3. The first kappa shape index (κ1) is 15.0. The molecule has 1 nitrogen and oxygen atoms in total. The van der Waals surface area contributed by atoms with Gasteiger partial charge in [0.2, 0.25) is 0 Å². The molecule has 0 heterocycles. The monoisotopic (exact) mass is 254 g/mol. The molecule has 2 rings (SSSR count). The molecule has 2 aromatic rings. The van der Waals surface area contributed by atoms with Gasteiger partial charge in [-0.15, -0.1) is 6.58 Å². The van der Waals surface area contributed by atoms with Gasteiger partial charge in [0.25, 0.3) is 0 Å². The van der Waals surface area contributed by atoms with Gasteiger partial charge in [-0.2, -0.15) is 0 Å². The van der Waals surface area contributed by atoms with Crippen molar-refractivity contribution in [2.24, 2.45) is 0 Å². The highest BCUT2D eigenvalue weighted by Gasteiger charge is 1.93. The van der Waals surface area contributed by atoms with E-state index in [-0.39, 0.29) is 0 Å². The molecule has 0 saturated carbocycles. The number of rotatable bonds is 2. The average Bonchev–Trinajstić information content (AvgIpc) is 2.31. The molecule has 2 aromatic carbocycles. The van der Waals surface area contributed by atoms with Crippen LogP contribution in [0.2, 0.25) is 0 Å². The maximum Gasteiger partial charge on any atom is 0.119 e. The average molecular weight is 254 g/mol. The van der Waals surface area contributed by atoms with E-state index in [2.05, 4.69) is 45.5 Å². The number of allylic oxidation sites excluding steroid dienone is 1. The lowest BCUT2D eigenvalue weighted by molar-refractivity contribution is 0.470. The Morgan fingerprint density at radius 1 is 0.947 bits per heavy atom. The quantitative estimate of drug-likeness (QED) is 0.768. The highest BCUT2D eigenvalue weighted by molar-refractivity contribution is 5.32. The Hall–Kier alpha value is -2.02. The largest absolute Gasteiger partial charge is 0.508 e. The van der Waals surface area contributed by atoms with Crippen LogP contribution in [0.1, 0.15) is 22.3 Å². The first-order valence-electron chi connectivity index (χ1n) is 6.45. The number of hydrogen-bond acceptors (Lipinski definition) is 1.